The van der Waals surface area contributed by atoms with E-state index >= 15 is 0 Å². The van der Waals surface area contributed by atoms with Gasteiger partial charge in [0.15, 0.2) is 0 Å². The fourth-order valence-corrected chi connectivity index (χ4v) is 7.93. The summed E-state index contributed by atoms with van der Waals surface area (Å²) < 4.78 is 0. The molecular formula is C44H80GdN8O20+3. The minimum Gasteiger partial charge on any atom is -0.480 e. The van der Waals surface area contributed by atoms with Crippen LogP contribution in [0.15, 0.2) is 0 Å². The van der Waals surface area contributed by atoms with Crippen molar-refractivity contribution in [3.05, 3.63) is 0 Å². The second kappa shape index (κ2) is 39.9. The molecule has 0 saturated carbocycles. The average molecular weight is 1200 g/mol. The van der Waals surface area contributed by atoms with Gasteiger partial charge in [0.1, 0.15) is 24.2 Å². The fourth-order valence-electron chi connectivity index (χ4n) is 7.93. The Bertz CT molecular complexity index is 1410. The van der Waals surface area contributed by atoms with Gasteiger partial charge in [-0.25, -0.2) is 0 Å². The van der Waals surface area contributed by atoms with Gasteiger partial charge in [-0.15, -0.1) is 0 Å². The molecule has 0 aromatic heterocycles. The fraction of sp³-hybridized carbons (Fsp3) is 0.818. The number of aliphatic hydroxyl groups excluding tert-OH is 8. The van der Waals surface area contributed by atoms with Crippen molar-refractivity contribution < 1.29 is 140 Å². The molecule has 1 saturated heterocycles. The second-order valence-corrected chi connectivity index (χ2v) is 17.7. The van der Waals surface area contributed by atoms with Gasteiger partial charge < -0.3 is 82.5 Å². The quantitative estimate of drug-likeness (QED) is 0.0277. The van der Waals surface area contributed by atoms with Gasteiger partial charge in [0.05, 0.1) is 50.8 Å². The van der Waals surface area contributed by atoms with E-state index in [1.54, 1.807) is 0 Å². The Morgan fingerprint density at radius 3 is 0.644 bits per heavy atom. The van der Waals surface area contributed by atoms with Crippen LogP contribution in [0.4, 0.5) is 0 Å². The van der Waals surface area contributed by atoms with Crippen LogP contribution in [0.25, 0.3) is 0 Å². The minimum absolute atomic E-state index is 0. The van der Waals surface area contributed by atoms with E-state index in [2.05, 4.69) is 21.3 Å². The van der Waals surface area contributed by atoms with Crippen molar-refractivity contribution in [3.8, 4) is 0 Å². The summed E-state index contributed by atoms with van der Waals surface area (Å²) in [6.45, 7) is -4.62. The molecule has 1 heterocycles. The van der Waals surface area contributed by atoms with Gasteiger partial charge >= 0.3 is 63.8 Å². The zero-order chi connectivity index (χ0) is 54.2. The number of rotatable bonds is 36. The van der Waals surface area contributed by atoms with E-state index in [1.807, 2.05) is 0 Å². The third-order valence-corrected chi connectivity index (χ3v) is 12.1. The zero-order valence-corrected chi connectivity index (χ0v) is 43.5. The maximum atomic E-state index is 13.0. The van der Waals surface area contributed by atoms with Crippen LogP contribution in [0, 0.1) is 39.9 Å². The van der Waals surface area contributed by atoms with Crippen molar-refractivity contribution in [2.24, 2.45) is 0 Å². The molecule has 4 amide bonds. The summed E-state index contributed by atoms with van der Waals surface area (Å²) in [6, 6.07) is -5.25. The van der Waals surface area contributed by atoms with Gasteiger partial charge in [-0.3, -0.25) is 58.0 Å². The van der Waals surface area contributed by atoms with Crippen LogP contribution < -0.4 is 21.3 Å². The molecule has 0 aromatic rings. The number of carbonyl (C=O) groups excluding carboxylic acids is 4. The zero-order valence-electron chi connectivity index (χ0n) is 41.2. The molecule has 73 heavy (non-hydrogen) atoms. The molecule has 421 valence electrons. The van der Waals surface area contributed by atoms with E-state index in [0.717, 1.165) is 0 Å². The van der Waals surface area contributed by atoms with Gasteiger partial charge in [-0.1, -0.05) is 0 Å². The Morgan fingerprint density at radius 2 is 0.507 bits per heavy atom. The molecule has 0 bridgehead atoms. The predicted octanol–water partition coefficient (Wildman–Crippen LogP) is -6.42. The molecule has 1 rings (SSSR count). The largest absolute Gasteiger partial charge is 3.00 e. The van der Waals surface area contributed by atoms with E-state index in [1.165, 1.54) is 19.6 Å². The van der Waals surface area contributed by atoms with E-state index in [-0.39, 0.29) is 196 Å². The van der Waals surface area contributed by atoms with Crippen LogP contribution in [-0.2, 0) is 38.4 Å². The third-order valence-electron chi connectivity index (χ3n) is 12.1. The number of nitrogens with one attached hydrogen (secondary N) is 4. The van der Waals surface area contributed by atoms with Crippen molar-refractivity contribution in [3.63, 3.8) is 0 Å². The first-order chi connectivity index (χ1) is 34.2. The Kier molecular flexibility index (Phi) is 38.1. The van der Waals surface area contributed by atoms with E-state index in [9.17, 15) is 79.2 Å². The maximum absolute atomic E-state index is 13.0. The van der Waals surface area contributed by atoms with Crippen molar-refractivity contribution in [1.82, 2.24) is 40.9 Å². The number of carbonyl (C=O) groups is 8. The number of aliphatic carboxylic acids is 4. The molecule has 28 nitrogen and oxygen atoms in total. The number of amides is 4. The summed E-state index contributed by atoms with van der Waals surface area (Å²) in [4.78, 5) is 108. The van der Waals surface area contributed by atoms with Crippen molar-refractivity contribution >= 4 is 47.5 Å². The third kappa shape index (κ3) is 30.1. The molecule has 1 aliphatic heterocycles. The maximum Gasteiger partial charge on any atom is 3.00 e. The monoisotopic (exact) mass is 1200 g/mol. The smallest absolute Gasteiger partial charge is 0.480 e. The van der Waals surface area contributed by atoms with Gasteiger partial charge in [0.2, 0.25) is 23.6 Å². The molecule has 8 unspecified atom stereocenters. The van der Waals surface area contributed by atoms with Gasteiger partial charge in [-0.05, 0) is 51.4 Å². The predicted molar refractivity (Wildman–Crippen MR) is 252 cm³/mol. The first kappa shape index (κ1) is 69.6. The summed E-state index contributed by atoms with van der Waals surface area (Å²) in [6.07, 6.45) is -5.98. The molecule has 8 atom stereocenters. The standard InChI is InChI=1S/C44H80N8O20.Gd/c53-25-29(57)21-45-37(61)9-1-5-33(41(65)66)49-13-15-50(34(42(67)68)6-2-10-38(62)46-22-30(58)26-54)17-19-52(36(44(71)72)8-4-12-40(64)48-24-32(60)28-56)20-18-51(16-14-49)35(43(69)70)7-3-11-39(63)47-23-31(59)27-55;/h29-36,53-60H,1-28H2,(H,45,61)(H,46,62)(H,47,63)(H,48,64)(H,65,66)(H,67,68)(H,69,70)(H,71,72);/q;+3. The molecule has 0 aliphatic carbocycles. The number of nitrogens with zero attached hydrogens (tertiary/aromatic N) is 4. The average Bonchev–Trinajstić information content (AvgIpc) is 3.34. The van der Waals surface area contributed by atoms with Gasteiger partial charge in [0.25, 0.3) is 0 Å². The summed E-state index contributed by atoms with van der Waals surface area (Å²) in [5.41, 5.74) is 0. The van der Waals surface area contributed by atoms with E-state index in [4.69, 9.17) is 20.4 Å². The summed E-state index contributed by atoms with van der Waals surface area (Å²) in [5.74, 6) is -7.40. The minimum atomic E-state index is -1.32. The molecule has 1 fully saturated rings. The molecule has 16 N–H and O–H groups in total. The summed E-state index contributed by atoms with van der Waals surface area (Å²) in [7, 11) is 0. The molecule has 1 radical (unpaired) electrons. The molecule has 1 aliphatic rings. The first-order valence-corrected chi connectivity index (χ1v) is 24.3. The number of hydrogen-bond acceptors (Lipinski definition) is 20. The summed E-state index contributed by atoms with van der Waals surface area (Å²) in [5, 5.41) is 127. The molecule has 0 aromatic carbocycles. The van der Waals surface area contributed by atoms with Gasteiger partial charge in [0, 0.05) is 104 Å². The summed E-state index contributed by atoms with van der Waals surface area (Å²) >= 11 is 0. The Balaban J connectivity index is 0.0000518. The Labute approximate surface area is 456 Å². The van der Waals surface area contributed by atoms with E-state index in [0.29, 0.717) is 0 Å². The van der Waals surface area contributed by atoms with Crippen molar-refractivity contribution in [1.29, 1.82) is 0 Å². The number of hydrogen-bond donors (Lipinski definition) is 16. The number of aliphatic hydroxyl groups is 8. The SMILES string of the molecule is O=C(CCCC(C(=O)O)N1CCN(C(CCCC(=O)NCC(O)CO)C(=O)O)CCN(C(CCCC(=O)NCC(O)CO)C(=O)O)CCN(C(CCCC(=O)NCC(O)CO)C(=O)O)CC1)NCC(O)CO.[Gd+3]. The normalized spacial score (nSPS) is 17.9. The van der Waals surface area contributed by atoms with Crippen LogP contribution >= 0.6 is 0 Å². The number of carboxylic acid groups (broad SMARTS) is 4. The molecule has 0 spiro atoms. The first-order valence-electron chi connectivity index (χ1n) is 24.3. The van der Waals surface area contributed by atoms with Crippen molar-refractivity contribution in [2.45, 2.75) is 126 Å². The van der Waals surface area contributed by atoms with Gasteiger partial charge in [-0.2, -0.15) is 0 Å². The van der Waals surface area contributed by atoms with Crippen LogP contribution in [-0.4, -0.2) is 282 Å². The Hall–Kier alpha value is -3.40. The van der Waals surface area contributed by atoms with Crippen LogP contribution in [0.5, 0.6) is 0 Å². The van der Waals surface area contributed by atoms with Crippen molar-refractivity contribution in [2.75, 3.05) is 105 Å². The van der Waals surface area contributed by atoms with Crippen LogP contribution in [0.3, 0.4) is 0 Å². The molecular weight excluding hydrogens is 1120 g/mol. The second-order valence-electron chi connectivity index (χ2n) is 17.7. The molecule has 29 heteroatoms. The van der Waals surface area contributed by atoms with E-state index < -0.39 is 123 Å². The van der Waals surface area contributed by atoms with Crippen LogP contribution in [0.2, 0.25) is 0 Å². The van der Waals surface area contributed by atoms with Crippen LogP contribution in [0.1, 0.15) is 77.0 Å². The number of carboxylic acids is 4. The topological polar surface area (TPSA) is 440 Å². The Morgan fingerprint density at radius 1 is 0.342 bits per heavy atom.